The highest BCUT2D eigenvalue weighted by Crippen LogP contribution is 2.50. The van der Waals surface area contributed by atoms with Crippen LogP contribution in [0.5, 0.6) is 0 Å². The maximum atomic E-state index is 12.1. The predicted molar refractivity (Wildman–Crippen MR) is 68.8 cm³/mol. The van der Waals surface area contributed by atoms with Crippen LogP contribution in [0.3, 0.4) is 0 Å². The fourth-order valence-corrected chi connectivity index (χ4v) is 2.35. The van der Waals surface area contributed by atoms with Crippen molar-refractivity contribution in [1.29, 1.82) is 0 Å². The summed E-state index contributed by atoms with van der Waals surface area (Å²) in [6, 6.07) is -0.654. The standard InChI is InChI=1S/C10H21N2O6P/c1-7(2)6-11-10(14)12-8(9(13)16-3)19(15,17-4)18-5/h7-8H,6H2,1-5H3,(H2,11,12,14). The van der Waals surface area contributed by atoms with Gasteiger partial charge in [-0.05, 0) is 5.92 Å². The fourth-order valence-electron chi connectivity index (χ4n) is 1.14. The second kappa shape index (κ2) is 8.14. The molecule has 0 radical (unpaired) electrons. The minimum Gasteiger partial charge on any atom is -0.467 e. The van der Waals surface area contributed by atoms with Gasteiger partial charge in [-0.2, -0.15) is 0 Å². The van der Waals surface area contributed by atoms with E-state index in [-0.39, 0.29) is 5.92 Å². The molecule has 0 rings (SSSR count). The number of hydrogen-bond donors (Lipinski definition) is 2. The van der Waals surface area contributed by atoms with E-state index < -0.39 is 25.4 Å². The van der Waals surface area contributed by atoms with Crippen LogP contribution >= 0.6 is 7.60 Å². The largest absolute Gasteiger partial charge is 0.467 e. The molecule has 9 heteroatoms. The Hall–Kier alpha value is -1.11. The van der Waals surface area contributed by atoms with E-state index in [1.165, 1.54) is 0 Å². The molecule has 0 aliphatic heterocycles. The van der Waals surface area contributed by atoms with Crippen molar-refractivity contribution in [1.82, 2.24) is 10.6 Å². The van der Waals surface area contributed by atoms with Crippen LogP contribution < -0.4 is 10.6 Å². The Kier molecular flexibility index (Phi) is 7.66. The van der Waals surface area contributed by atoms with Gasteiger partial charge in [0.25, 0.3) is 0 Å². The Morgan fingerprint density at radius 2 is 1.68 bits per heavy atom. The van der Waals surface area contributed by atoms with E-state index in [4.69, 9.17) is 0 Å². The van der Waals surface area contributed by atoms with Gasteiger partial charge in [0.15, 0.2) is 0 Å². The molecule has 0 aliphatic rings. The van der Waals surface area contributed by atoms with Crippen LogP contribution in [0.2, 0.25) is 0 Å². The van der Waals surface area contributed by atoms with Crippen molar-refractivity contribution >= 4 is 19.6 Å². The van der Waals surface area contributed by atoms with Gasteiger partial charge in [0.1, 0.15) is 0 Å². The topological polar surface area (TPSA) is 103 Å². The summed E-state index contributed by atoms with van der Waals surface area (Å²) >= 11 is 0. The van der Waals surface area contributed by atoms with E-state index in [9.17, 15) is 14.2 Å². The van der Waals surface area contributed by atoms with Crippen LogP contribution in [0.4, 0.5) is 4.79 Å². The summed E-state index contributed by atoms with van der Waals surface area (Å²) in [6.45, 7) is 4.23. The van der Waals surface area contributed by atoms with Gasteiger partial charge in [0, 0.05) is 20.8 Å². The summed E-state index contributed by atoms with van der Waals surface area (Å²) in [4.78, 5) is 23.1. The normalized spacial score (nSPS) is 12.9. The molecule has 8 nitrogen and oxygen atoms in total. The lowest BCUT2D eigenvalue weighted by atomic mass is 10.2. The number of urea groups is 1. The molecule has 2 N–H and O–H groups in total. The van der Waals surface area contributed by atoms with E-state index in [0.29, 0.717) is 6.54 Å². The highest BCUT2D eigenvalue weighted by molar-refractivity contribution is 7.55. The third kappa shape index (κ3) is 5.59. The van der Waals surface area contributed by atoms with Crippen LogP contribution in [0.25, 0.3) is 0 Å². The van der Waals surface area contributed by atoms with Crippen molar-refractivity contribution in [3.8, 4) is 0 Å². The third-order valence-corrected chi connectivity index (χ3v) is 4.18. The molecule has 0 aromatic heterocycles. The maximum Gasteiger partial charge on any atom is 0.363 e. The number of rotatable bonds is 7. The van der Waals surface area contributed by atoms with Crippen LogP contribution in [0.1, 0.15) is 13.8 Å². The molecule has 19 heavy (non-hydrogen) atoms. The molecule has 0 aliphatic carbocycles. The number of carbonyl (C=O) groups is 2. The van der Waals surface area contributed by atoms with Crippen LogP contribution in [0.15, 0.2) is 0 Å². The predicted octanol–water partition coefficient (Wildman–Crippen LogP) is 0.927. The average molecular weight is 296 g/mol. The lowest BCUT2D eigenvalue weighted by molar-refractivity contribution is -0.141. The smallest absolute Gasteiger partial charge is 0.363 e. The summed E-state index contributed by atoms with van der Waals surface area (Å²) in [7, 11) is -0.464. The molecule has 0 aromatic carbocycles. The SMILES string of the molecule is COC(=O)C(NC(=O)NCC(C)C)P(=O)(OC)OC. The maximum absolute atomic E-state index is 12.1. The summed E-state index contributed by atoms with van der Waals surface area (Å²) in [5, 5.41) is 4.75. The Labute approximate surface area is 112 Å². The second-order valence-electron chi connectivity index (χ2n) is 4.08. The molecule has 2 amide bonds. The van der Waals surface area contributed by atoms with E-state index in [2.05, 4.69) is 24.4 Å². The average Bonchev–Trinajstić information content (AvgIpc) is 2.40. The first-order valence-electron chi connectivity index (χ1n) is 5.64. The number of carbonyl (C=O) groups excluding carboxylic acids is 2. The number of methoxy groups -OCH3 is 1. The summed E-state index contributed by atoms with van der Waals surface area (Å²) < 4.78 is 26.0. The van der Waals surface area contributed by atoms with Gasteiger partial charge in [-0.1, -0.05) is 13.8 Å². The zero-order valence-corrected chi connectivity index (χ0v) is 12.7. The number of esters is 1. The zero-order valence-electron chi connectivity index (χ0n) is 11.8. The number of nitrogens with one attached hydrogen (secondary N) is 2. The van der Waals surface area contributed by atoms with E-state index in [1.54, 1.807) is 0 Å². The number of amides is 2. The quantitative estimate of drug-likeness (QED) is 0.535. The highest BCUT2D eigenvalue weighted by Gasteiger charge is 2.42. The van der Waals surface area contributed by atoms with Crippen molar-refractivity contribution in [2.45, 2.75) is 19.6 Å². The molecular weight excluding hydrogens is 275 g/mol. The monoisotopic (exact) mass is 296 g/mol. The summed E-state index contributed by atoms with van der Waals surface area (Å²) in [6.07, 6.45) is 0. The van der Waals surface area contributed by atoms with E-state index in [1.807, 2.05) is 13.8 Å². The first-order valence-corrected chi connectivity index (χ1v) is 7.25. The highest BCUT2D eigenvalue weighted by atomic mass is 31.2. The summed E-state index contributed by atoms with van der Waals surface area (Å²) in [5.74, 6) is -2.19. The van der Waals surface area contributed by atoms with E-state index >= 15 is 0 Å². The summed E-state index contributed by atoms with van der Waals surface area (Å²) in [5.41, 5.74) is 0. The van der Waals surface area contributed by atoms with Crippen LogP contribution in [-0.2, 0) is 23.1 Å². The van der Waals surface area contributed by atoms with Gasteiger partial charge in [0.2, 0.25) is 5.78 Å². The van der Waals surface area contributed by atoms with Gasteiger partial charge >= 0.3 is 19.6 Å². The Balaban J connectivity index is 4.84. The molecule has 0 fully saturated rings. The first-order chi connectivity index (χ1) is 8.80. The Bertz CT molecular complexity index is 352. The Morgan fingerprint density at radius 3 is 2.05 bits per heavy atom. The van der Waals surface area contributed by atoms with Gasteiger partial charge in [-0.25, -0.2) is 9.59 Å². The fraction of sp³-hybridized carbons (Fsp3) is 0.800. The molecular formula is C10H21N2O6P. The molecule has 0 aromatic rings. The van der Waals surface area contributed by atoms with Crippen molar-refractivity contribution in [3.63, 3.8) is 0 Å². The van der Waals surface area contributed by atoms with Gasteiger partial charge in [0.05, 0.1) is 7.11 Å². The molecule has 1 atom stereocenters. The van der Waals surface area contributed by atoms with Gasteiger partial charge in [-0.15, -0.1) is 0 Å². The molecule has 1 unspecified atom stereocenters. The molecule has 0 spiro atoms. The van der Waals surface area contributed by atoms with Gasteiger partial charge in [-0.3, -0.25) is 4.57 Å². The first kappa shape index (κ1) is 17.9. The number of hydrogen-bond acceptors (Lipinski definition) is 6. The zero-order chi connectivity index (χ0) is 15.1. The van der Waals surface area contributed by atoms with Crippen LogP contribution in [-0.4, -0.2) is 45.7 Å². The third-order valence-electron chi connectivity index (χ3n) is 2.19. The van der Waals surface area contributed by atoms with Crippen molar-refractivity contribution in [2.75, 3.05) is 27.9 Å². The second-order valence-corrected chi connectivity index (χ2v) is 6.41. The van der Waals surface area contributed by atoms with Gasteiger partial charge < -0.3 is 24.4 Å². The number of ether oxygens (including phenoxy) is 1. The lowest BCUT2D eigenvalue weighted by Gasteiger charge is -2.23. The molecule has 0 heterocycles. The molecule has 112 valence electrons. The molecule has 0 saturated carbocycles. The van der Waals surface area contributed by atoms with E-state index in [0.717, 1.165) is 21.3 Å². The van der Waals surface area contributed by atoms with Crippen molar-refractivity contribution in [2.24, 2.45) is 5.92 Å². The molecule has 0 bridgehead atoms. The van der Waals surface area contributed by atoms with Crippen LogP contribution in [0, 0.1) is 5.92 Å². The minimum absolute atomic E-state index is 0.235. The lowest BCUT2D eigenvalue weighted by Crippen LogP contribution is -2.47. The van der Waals surface area contributed by atoms with Crippen molar-refractivity contribution in [3.05, 3.63) is 0 Å². The van der Waals surface area contributed by atoms with Crippen molar-refractivity contribution < 1.29 is 27.9 Å². The molecule has 0 saturated heterocycles. The Morgan fingerprint density at radius 1 is 1.16 bits per heavy atom. The minimum atomic E-state index is -3.81.